The van der Waals surface area contributed by atoms with E-state index in [9.17, 15) is 0 Å². The molecule has 6 heavy (non-hydrogen) atoms. The molecule has 32 valence electrons. The van der Waals surface area contributed by atoms with Gasteiger partial charge in [0.15, 0.2) is 7.57 Å². The van der Waals surface area contributed by atoms with Gasteiger partial charge < -0.3 is 10.9 Å². The minimum absolute atomic E-state index is 0. The molecule has 0 aromatic carbocycles. The van der Waals surface area contributed by atoms with Crippen LogP contribution in [0.2, 0.25) is 0 Å². The maximum Gasteiger partial charge on any atom is 1.00 e. The van der Waals surface area contributed by atoms with Crippen LogP contribution in [0.3, 0.4) is 0 Å². The van der Waals surface area contributed by atoms with Crippen LogP contribution in [0.25, 0.3) is 0 Å². The standard InChI is InChI=1S/BH2O2P.Fe.Li.H/c1-4(2)3;;;/h4H,(H,2,3);;;/q;;+1;-1. The Morgan fingerprint density at radius 3 is 1.83 bits per heavy atom. The Kier molecular flexibility index (Phi) is 25.1. The van der Waals surface area contributed by atoms with E-state index in [1.807, 2.05) is 0 Å². The van der Waals surface area contributed by atoms with Crippen molar-refractivity contribution in [2.24, 2.45) is 0 Å². The summed E-state index contributed by atoms with van der Waals surface area (Å²) in [6, 6.07) is 0. The molecule has 2 radical (unpaired) electrons. The quantitative estimate of drug-likeness (QED) is 0.281. The summed E-state index contributed by atoms with van der Waals surface area (Å²) >= 11 is 0. The summed E-state index contributed by atoms with van der Waals surface area (Å²) in [5, 5.41) is 0. The van der Waals surface area contributed by atoms with Crippen LogP contribution in [0, 0.1) is 0 Å². The van der Waals surface area contributed by atoms with Gasteiger partial charge in [0.2, 0.25) is 0 Å². The van der Waals surface area contributed by atoms with E-state index in [0.717, 1.165) is 0 Å². The van der Waals surface area contributed by atoms with Gasteiger partial charge in [0, 0.05) is 17.1 Å². The van der Waals surface area contributed by atoms with Crippen LogP contribution in [-0.2, 0) is 21.6 Å². The maximum absolute atomic E-state index is 8.96. The fraction of sp³-hybridized carbons (Fsp3) is 0. The van der Waals surface area contributed by atoms with Gasteiger partial charge in [-0.15, -0.1) is 0 Å². The van der Waals surface area contributed by atoms with Crippen LogP contribution < -0.4 is 18.9 Å². The first-order valence-electron chi connectivity index (χ1n) is 0.716. The molecule has 0 fully saturated rings. The van der Waals surface area contributed by atoms with Crippen molar-refractivity contribution in [3.63, 3.8) is 0 Å². The predicted octanol–water partition coefficient (Wildman–Crippen LogP) is -3.35. The second kappa shape index (κ2) is 9.62. The van der Waals surface area contributed by atoms with E-state index in [-0.39, 0.29) is 37.4 Å². The minimum Gasteiger partial charge on any atom is -1.00 e. The molecular formula is H3BFeLiO2P. The predicted molar refractivity (Wildman–Crippen MR) is 18.1 cm³/mol. The van der Waals surface area contributed by atoms with Gasteiger partial charge in [-0.3, -0.25) is 0 Å². The Bertz CT molecular complexity index is 40.7. The first-order valence-corrected chi connectivity index (χ1v) is 2.15. The van der Waals surface area contributed by atoms with Crippen molar-refractivity contribution in [3.05, 3.63) is 0 Å². The molecule has 1 N–H and O–H groups in total. The average Bonchev–Trinajstić information content (AvgIpc) is 0.811. The second-order valence-electron chi connectivity index (χ2n) is 0.338. The monoisotopic (exact) mass is 140 g/mol. The van der Waals surface area contributed by atoms with Crippen LogP contribution in [0.1, 0.15) is 1.43 Å². The molecule has 0 aliphatic rings. The molecule has 0 rings (SSSR count). The topological polar surface area (TPSA) is 37.3 Å². The van der Waals surface area contributed by atoms with Gasteiger partial charge in [-0.2, -0.15) is 0 Å². The normalized spacial score (nSPS) is 10.2. The molecule has 1 atom stereocenters. The molecule has 0 aliphatic heterocycles. The molecule has 1 unspecified atom stereocenters. The van der Waals surface area contributed by atoms with E-state index >= 15 is 0 Å². The van der Waals surface area contributed by atoms with E-state index < -0.39 is 7.91 Å². The van der Waals surface area contributed by atoms with Crippen molar-refractivity contribution < 1.29 is 46.8 Å². The van der Waals surface area contributed by atoms with Gasteiger partial charge >= 0.3 is 18.9 Å². The summed E-state index contributed by atoms with van der Waals surface area (Å²) in [6.45, 7) is 0. The van der Waals surface area contributed by atoms with Crippen molar-refractivity contribution >= 4 is 15.5 Å². The molecule has 0 saturated carbocycles. The fourth-order valence-electron chi connectivity index (χ4n) is 0. The maximum atomic E-state index is 8.96. The summed E-state index contributed by atoms with van der Waals surface area (Å²) in [5.41, 5.74) is 0. The summed E-state index contributed by atoms with van der Waals surface area (Å²) in [6.07, 6.45) is 0. The molecule has 0 amide bonds. The first kappa shape index (κ1) is 15.7. The summed E-state index contributed by atoms with van der Waals surface area (Å²) in [4.78, 5) is 7.38. The number of rotatable bonds is 0. The number of hydrogen-bond donors (Lipinski definition) is 1. The van der Waals surface area contributed by atoms with E-state index in [0.29, 0.717) is 0 Å². The van der Waals surface area contributed by atoms with E-state index in [2.05, 4.69) is 7.57 Å². The van der Waals surface area contributed by atoms with Crippen molar-refractivity contribution in [3.8, 4) is 0 Å². The van der Waals surface area contributed by atoms with Crippen LogP contribution in [0.15, 0.2) is 0 Å². The molecule has 0 spiro atoms. The van der Waals surface area contributed by atoms with Gasteiger partial charge in [0.25, 0.3) is 0 Å². The van der Waals surface area contributed by atoms with Gasteiger partial charge in [-0.05, 0) is 0 Å². The Balaban J connectivity index is -0.0000000150. The first-order chi connectivity index (χ1) is 1.73. The molecule has 0 aliphatic carbocycles. The Morgan fingerprint density at radius 2 is 1.83 bits per heavy atom. The third-order valence-corrected chi connectivity index (χ3v) is 0. The minimum atomic E-state index is -2.63. The molecule has 0 aromatic rings. The van der Waals surface area contributed by atoms with Crippen molar-refractivity contribution in [1.29, 1.82) is 0 Å². The van der Waals surface area contributed by atoms with E-state index in [1.54, 1.807) is 0 Å². The van der Waals surface area contributed by atoms with E-state index in [1.165, 1.54) is 0 Å². The summed E-state index contributed by atoms with van der Waals surface area (Å²) < 4.78 is 8.96. The van der Waals surface area contributed by atoms with Gasteiger partial charge in [0.1, 0.15) is 7.91 Å². The van der Waals surface area contributed by atoms with Crippen LogP contribution in [0.4, 0.5) is 0 Å². The van der Waals surface area contributed by atoms with Gasteiger partial charge in [-0.1, -0.05) is 0 Å². The van der Waals surface area contributed by atoms with Crippen LogP contribution >= 0.6 is 7.91 Å². The molecule has 0 saturated heterocycles. The molecule has 0 aromatic heterocycles. The number of hydrogen-bond acceptors (Lipinski definition) is 1. The Morgan fingerprint density at radius 1 is 1.83 bits per heavy atom. The van der Waals surface area contributed by atoms with Crippen LogP contribution in [-0.4, -0.2) is 12.5 Å². The third kappa shape index (κ3) is 54.6. The fourth-order valence-corrected chi connectivity index (χ4v) is 0. The zero-order chi connectivity index (χ0) is 3.58. The van der Waals surface area contributed by atoms with Gasteiger partial charge in [-0.25, -0.2) is 0 Å². The van der Waals surface area contributed by atoms with E-state index in [4.69, 9.17) is 9.46 Å². The summed E-state index contributed by atoms with van der Waals surface area (Å²) in [5.74, 6) is 0. The molecule has 0 heterocycles. The molecule has 6 heteroatoms. The smallest absolute Gasteiger partial charge is 1.00 e. The SMILES string of the molecule is [B][PH](=O)O.[Fe].[H-].[Li+]. The largest absolute Gasteiger partial charge is 1.00 e. The molecule has 0 bridgehead atoms. The second-order valence-corrected chi connectivity index (χ2v) is 1.01. The zero-order valence-electron chi connectivity index (χ0n) is 4.29. The zero-order valence-corrected chi connectivity index (χ0v) is 5.39. The summed E-state index contributed by atoms with van der Waals surface area (Å²) in [7, 11) is 1.58. The van der Waals surface area contributed by atoms with Crippen molar-refractivity contribution in [1.82, 2.24) is 0 Å². The van der Waals surface area contributed by atoms with Crippen molar-refractivity contribution in [2.45, 2.75) is 0 Å². The Hall–Kier alpha value is 1.37. The van der Waals surface area contributed by atoms with Crippen molar-refractivity contribution in [2.75, 3.05) is 0 Å². The van der Waals surface area contributed by atoms with Crippen LogP contribution in [0.5, 0.6) is 0 Å². The average molecular weight is 140 g/mol. The molecule has 2 nitrogen and oxygen atoms in total. The third-order valence-electron chi connectivity index (χ3n) is 0. The Labute approximate surface area is 62.4 Å². The molecular weight excluding hydrogens is 137 g/mol. The van der Waals surface area contributed by atoms with Gasteiger partial charge in [0.05, 0.1) is 0 Å².